The van der Waals surface area contributed by atoms with Gasteiger partial charge >= 0.3 is 0 Å². The van der Waals surface area contributed by atoms with Gasteiger partial charge in [0.1, 0.15) is 0 Å². The second kappa shape index (κ2) is 10.9. The molecule has 1 aliphatic rings. The third-order valence-corrected chi connectivity index (χ3v) is 8.07. The van der Waals surface area contributed by atoms with Crippen LogP contribution in [0.3, 0.4) is 0 Å². The average Bonchev–Trinajstić information content (AvgIpc) is 3.10. The van der Waals surface area contributed by atoms with Gasteiger partial charge in [-0.25, -0.2) is 8.42 Å². The van der Waals surface area contributed by atoms with E-state index in [2.05, 4.69) is 5.32 Å². The molecule has 168 valence electrons. The first kappa shape index (κ1) is 23.5. The first-order valence-electron chi connectivity index (χ1n) is 10.6. The topological polar surface area (TPSA) is 81.7 Å². The largest absolute Gasteiger partial charge is 0.490 e. The third-order valence-electron chi connectivity index (χ3n) is 4.74. The van der Waals surface area contributed by atoms with Crippen molar-refractivity contribution in [3.63, 3.8) is 0 Å². The Morgan fingerprint density at radius 1 is 1.06 bits per heavy atom. The van der Waals surface area contributed by atoms with Gasteiger partial charge in [-0.1, -0.05) is 26.0 Å². The second-order valence-electron chi connectivity index (χ2n) is 7.45. The summed E-state index contributed by atoms with van der Waals surface area (Å²) >= 11 is 1.46. The van der Waals surface area contributed by atoms with Crippen LogP contribution in [0.2, 0.25) is 0 Å². The molecule has 3 rings (SSSR count). The number of amides is 1. The molecule has 1 amide bonds. The predicted octanol–water partition coefficient (Wildman–Crippen LogP) is 4.80. The number of carbonyl (C=O) groups excluding carboxylic acids is 1. The maximum Gasteiger partial charge on any atom is 0.256 e. The van der Waals surface area contributed by atoms with E-state index in [1.165, 1.54) is 11.8 Å². The van der Waals surface area contributed by atoms with Crippen LogP contribution in [0.1, 0.15) is 43.5 Å². The van der Waals surface area contributed by atoms with Crippen molar-refractivity contribution in [3.8, 4) is 11.5 Å². The standard InChI is InChI=1S/C23H29NO5S2/c1-3-12-28-20-10-9-17(15-21(20)29-13-4-2)24-23(25)19-7-5-6-8-22(19)30-18-11-14-31(26,27)16-18/h5-10,15,18H,3-4,11-14,16H2,1-2H3,(H,24,25). The van der Waals surface area contributed by atoms with Crippen LogP contribution in [-0.4, -0.2) is 44.3 Å². The van der Waals surface area contributed by atoms with E-state index < -0.39 is 9.84 Å². The van der Waals surface area contributed by atoms with Crippen molar-refractivity contribution in [1.82, 2.24) is 0 Å². The number of hydrogen-bond donors (Lipinski definition) is 1. The van der Waals surface area contributed by atoms with Crippen molar-refractivity contribution in [1.29, 1.82) is 0 Å². The number of anilines is 1. The molecule has 6 nitrogen and oxygen atoms in total. The molecular weight excluding hydrogens is 434 g/mol. The van der Waals surface area contributed by atoms with Crippen molar-refractivity contribution >= 4 is 33.2 Å². The van der Waals surface area contributed by atoms with Crippen LogP contribution in [0.15, 0.2) is 47.4 Å². The lowest BCUT2D eigenvalue weighted by Crippen LogP contribution is -2.14. The number of carbonyl (C=O) groups is 1. The fraction of sp³-hybridized carbons (Fsp3) is 0.435. The van der Waals surface area contributed by atoms with Crippen molar-refractivity contribution in [2.75, 3.05) is 30.0 Å². The lowest BCUT2D eigenvalue weighted by atomic mass is 10.2. The van der Waals surface area contributed by atoms with Crippen LogP contribution >= 0.6 is 11.8 Å². The molecule has 2 aromatic carbocycles. The smallest absolute Gasteiger partial charge is 0.256 e. The summed E-state index contributed by atoms with van der Waals surface area (Å²) in [6.45, 7) is 5.22. The average molecular weight is 464 g/mol. The Bertz CT molecular complexity index is 1010. The quantitative estimate of drug-likeness (QED) is 0.545. The van der Waals surface area contributed by atoms with Gasteiger partial charge in [0.25, 0.3) is 5.91 Å². The zero-order valence-electron chi connectivity index (χ0n) is 17.9. The molecule has 0 saturated carbocycles. The van der Waals surface area contributed by atoms with Gasteiger partial charge in [0.05, 0.1) is 30.3 Å². The van der Waals surface area contributed by atoms with Gasteiger partial charge in [-0.15, -0.1) is 11.8 Å². The van der Waals surface area contributed by atoms with Gasteiger partial charge in [0.15, 0.2) is 21.3 Å². The molecule has 0 aliphatic carbocycles. The van der Waals surface area contributed by atoms with E-state index in [9.17, 15) is 13.2 Å². The summed E-state index contributed by atoms with van der Waals surface area (Å²) in [5.74, 6) is 1.39. The Morgan fingerprint density at radius 3 is 2.45 bits per heavy atom. The summed E-state index contributed by atoms with van der Waals surface area (Å²) < 4.78 is 35.1. The Hall–Kier alpha value is -2.19. The molecule has 1 heterocycles. The molecule has 1 unspecified atom stereocenters. The van der Waals surface area contributed by atoms with Crippen LogP contribution < -0.4 is 14.8 Å². The normalized spacial score (nSPS) is 17.3. The number of benzene rings is 2. The molecule has 1 atom stereocenters. The summed E-state index contributed by atoms with van der Waals surface area (Å²) in [6.07, 6.45) is 2.37. The molecule has 0 bridgehead atoms. The number of hydrogen-bond acceptors (Lipinski definition) is 6. The third kappa shape index (κ3) is 6.64. The van der Waals surface area contributed by atoms with E-state index in [1.807, 2.05) is 32.0 Å². The zero-order chi connectivity index (χ0) is 22.3. The molecule has 31 heavy (non-hydrogen) atoms. The predicted molar refractivity (Wildman–Crippen MR) is 125 cm³/mol. The molecule has 0 aromatic heterocycles. The highest BCUT2D eigenvalue weighted by Crippen LogP contribution is 2.34. The number of sulfone groups is 1. The monoisotopic (exact) mass is 463 g/mol. The van der Waals surface area contributed by atoms with Crippen molar-refractivity contribution in [2.24, 2.45) is 0 Å². The van der Waals surface area contributed by atoms with Crippen LogP contribution in [0.25, 0.3) is 0 Å². The Morgan fingerprint density at radius 2 is 1.77 bits per heavy atom. The molecule has 1 fully saturated rings. The first-order chi connectivity index (χ1) is 14.9. The van der Waals surface area contributed by atoms with E-state index in [0.29, 0.717) is 42.4 Å². The minimum absolute atomic E-state index is 0.0250. The van der Waals surface area contributed by atoms with Crippen LogP contribution in [-0.2, 0) is 9.84 Å². The minimum atomic E-state index is -2.97. The minimum Gasteiger partial charge on any atom is -0.490 e. The molecule has 8 heteroatoms. The number of thioether (sulfide) groups is 1. The van der Waals surface area contributed by atoms with Gasteiger partial charge in [-0.2, -0.15) is 0 Å². The SMILES string of the molecule is CCCOc1ccc(NC(=O)c2ccccc2SC2CCS(=O)(=O)C2)cc1OCCC. The molecule has 1 N–H and O–H groups in total. The van der Waals surface area contributed by atoms with E-state index in [1.54, 1.807) is 24.3 Å². The van der Waals surface area contributed by atoms with Crippen molar-refractivity contribution in [3.05, 3.63) is 48.0 Å². The van der Waals surface area contributed by atoms with Crippen LogP contribution in [0.5, 0.6) is 11.5 Å². The van der Waals surface area contributed by atoms with E-state index >= 15 is 0 Å². The van der Waals surface area contributed by atoms with Gasteiger partial charge < -0.3 is 14.8 Å². The Labute approximate surface area is 188 Å². The number of ether oxygens (including phenoxy) is 2. The molecule has 0 radical (unpaired) electrons. The van der Waals surface area contributed by atoms with Crippen molar-refractivity contribution < 1.29 is 22.7 Å². The molecule has 2 aromatic rings. The van der Waals surface area contributed by atoms with Gasteiger partial charge in [-0.05, 0) is 43.5 Å². The lowest BCUT2D eigenvalue weighted by Gasteiger charge is -2.15. The molecular formula is C23H29NO5S2. The number of rotatable bonds is 10. The summed E-state index contributed by atoms with van der Waals surface area (Å²) in [6, 6.07) is 12.7. The maximum atomic E-state index is 13.0. The van der Waals surface area contributed by atoms with Gasteiger partial charge in [0, 0.05) is 21.9 Å². The van der Waals surface area contributed by atoms with Gasteiger partial charge in [0.2, 0.25) is 0 Å². The molecule has 1 saturated heterocycles. The zero-order valence-corrected chi connectivity index (χ0v) is 19.6. The highest BCUT2D eigenvalue weighted by atomic mass is 32.2. The molecule has 1 aliphatic heterocycles. The first-order valence-corrected chi connectivity index (χ1v) is 13.3. The molecule has 0 spiro atoms. The second-order valence-corrected chi connectivity index (χ2v) is 11.0. The van der Waals surface area contributed by atoms with E-state index in [4.69, 9.17) is 9.47 Å². The Balaban J connectivity index is 1.75. The summed E-state index contributed by atoms with van der Waals surface area (Å²) in [7, 11) is -2.97. The van der Waals surface area contributed by atoms with E-state index in [-0.39, 0.29) is 22.7 Å². The highest BCUT2D eigenvalue weighted by molar-refractivity contribution is 8.02. The maximum absolute atomic E-state index is 13.0. The summed E-state index contributed by atoms with van der Waals surface area (Å²) in [5, 5.41) is 2.91. The summed E-state index contributed by atoms with van der Waals surface area (Å²) in [5.41, 5.74) is 1.14. The lowest BCUT2D eigenvalue weighted by molar-refractivity contribution is 0.102. The van der Waals surface area contributed by atoms with E-state index in [0.717, 1.165) is 17.7 Å². The summed E-state index contributed by atoms with van der Waals surface area (Å²) in [4.78, 5) is 13.8. The van der Waals surface area contributed by atoms with Crippen molar-refractivity contribution in [2.45, 2.75) is 43.3 Å². The Kier molecular flexibility index (Phi) is 8.26. The van der Waals surface area contributed by atoms with Gasteiger partial charge in [-0.3, -0.25) is 4.79 Å². The fourth-order valence-electron chi connectivity index (χ4n) is 3.23. The van der Waals surface area contributed by atoms with Crippen LogP contribution in [0, 0.1) is 0 Å². The fourth-order valence-corrected chi connectivity index (χ4v) is 6.86. The van der Waals surface area contributed by atoms with Crippen LogP contribution in [0.4, 0.5) is 5.69 Å². The highest BCUT2D eigenvalue weighted by Gasteiger charge is 2.29. The number of nitrogens with one attached hydrogen (secondary N) is 1.